The van der Waals surface area contributed by atoms with Gasteiger partial charge in [0, 0.05) is 11.5 Å². The van der Waals surface area contributed by atoms with Crippen LogP contribution in [0.15, 0.2) is 30.3 Å². The molecule has 0 unspecified atom stereocenters. The average molecular weight is 206 g/mol. The van der Waals surface area contributed by atoms with Crippen LogP contribution in [-0.2, 0) is 6.54 Å². The molecule has 15 heavy (non-hydrogen) atoms. The normalized spacial score (nSPS) is 25.7. The fraction of sp³-hybridized carbons (Fsp3) is 0.538. The molecule has 1 fully saturated rings. The van der Waals surface area contributed by atoms with Crippen molar-refractivity contribution in [2.75, 3.05) is 6.54 Å². The molecular weight excluding hydrogens is 186 g/mol. The van der Waals surface area contributed by atoms with E-state index in [0.29, 0.717) is 5.92 Å². The smallest absolute Gasteiger partial charge is 0.101 e. The molecule has 0 aliphatic heterocycles. The highest BCUT2D eigenvalue weighted by atomic mass is 16.3. The van der Waals surface area contributed by atoms with Crippen molar-refractivity contribution in [1.82, 2.24) is 0 Å². The molecule has 0 bridgehead atoms. The number of aliphatic hydroxyl groups is 1. The monoisotopic (exact) mass is 206 g/mol. The zero-order valence-electron chi connectivity index (χ0n) is 9.10. The minimum atomic E-state index is -0.0444. The molecule has 0 amide bonds. The molecule has 3 N–H and O–H groups in total. The summed E-state index contributed by atoms with van der Waals surface area (Å²) >= 11 is 0. The average Bonchev–Trinajstić information content (AvgIpc) is 2.66. The third-order valence-electron chi connectivity index (χ3n) is 3.31. The van der Waals surface area contributed by atoms with E-state index in [0.717, 1.165) is 19.5 Å². The molecule has 2 nitrogen and oxygen atoms in total. The molecule has 1 aliphatic carbocycles. The van der Waals surface area contributed by atoms with Crippen LogP contribution in [0, 0.1) is 5.92 Å². The van der Waals surface area contributed by atoms with Crippen LogP contribution in [-0.4, -0.2) is 17.8 Å². The van der Waals surface area contributed by atoms with Gasteiger partial charge in [-0.05, 0) is 12.8 Å². The molecule has 0 spiro atoms. The van der Waals surface area contributed by atoms with Crippen LogP contribution in [0.2, 0.25) is 0 Å². The Morgan fingerprint density at radius 1 is 1.20 bits per heavy atom. The predicted octanol–water partition coefficient (Wildman–Crippen LogP) is 0.911. The van der Waals surface area contributed by atoms with E-state index in [4.69, 9.17) is 0 Å². The van der Waals surface area contributed by atoms with Crippen molar-refractivity contribution in [3.8, 4) is 0 Å². The molecule has 2 atom stereocenters. The fourth-order valence-electron chi connectivity index (χ4n) is 2.37. The SMILES string of the molecule is O[C@H]1CCC[C@H]1C[NH2+]Cc1ccccc1. The number of hydrogen-bond donors (Lipinski definition) is 2. The summed E-state index contributed by atoms with van der Waals surface area (Å²) in [5, 5.41) is 12.0. The number of hydrogen-bond acceptors (Lipinski definition) is 1. The van der Waals surface area contributed by atoms with Crippen molar-refractivity contribution in [3.63, 3.8) is 0 Å². The van der Waals surface area contributed by atoms with E-state index in [2.05, 4.69) is 29.6 Å². The summed E-state index contributed by atoms with van der Waals surface area (Å²) < 4.78 is 0. The molecule has 0 saturated heterocycles. The third-order valence-corrected chi connectivity index (χ3v) is 3.31. The number of rotatable bonds is 4. The van der Waals surface area contributed by atoms with Gasteiger partial charge in [-0.3, -0.25) is 0 Å². The van der Waals surface area contributed by atoms with Gasteiger partial charge in [0.15, 0.2) is 0 Å². The second-order valence-corrected chi connectivity index (χ2v) is 4.47. The molecule has 0 aromatic heterocycles. The van der Waals surface area contributed by atoms with Crippen molar-refractivity contribution < 1.29 is 10.4 Å². The van der Waals surface area contributed by atoms with Gasteiger partial charge < -0.3 is 10.4 Å². The molecule has 1 aromatic rings. The summed E-state index contributed by atoms with van der Waals surface area (Å²) in [7, 11) is 0. The Morgan fingerprint density at radius 3 is 2.67 bits per heavy atom. The van der Waals surface area contributed by atoms with Crippen LogP contribution in [0.5, 0.6) is 0 Å². The first kappa shape index (κ1) is 10.7. The molecule has 0 radical (unpaired) electrons. The van der Waals surface area contributed by atoms with Crippen LogP contribution in [0.1, 0.15) is 24.8 Å². The van der Waals surface area contributed by atoms with Crippen molar-refractivity contribution in [2.24, 2.45) is 5.92 Å². The molecule has 1 aromatic carbocycles. The van der Waals surface area contributed by atoms with Gasteiger partial charge in [0.1, 0.15) is 6.54 Å². The Balaban J connectivity index is 1.71. The lowest BCUT2D eigenvalue weighted by atomic mass is 10.1. The maximum absolute atomic E-state index is 9.67. The van der Waals surface area contributed by atoms with Gasteiger partial charge >= 0.3 is 0 Å². The van der Waals surface area contributed by atoms with Crippen LogP contribution >= 0.6 is 0 Å². The summed E-state index contributed by atoms with van der Waals surface area (Å²) in [6, 6.07) is 10.5. The molecule has 2 heteroatoms. The number of benzene rings is 1. The molecule has 0 heterocycles. The lowest BCUT2D eigenvalue weighted by molar-refractivity contribution is -0.676. The topological polar surface area (TPSA) is 36.8 Å². The molecular formula is C13H20NO+. The van der Waals surface area contributed by atoms with Gasteiger partial charge in [0.05, 0.1) is 12.6 Å². The Kier molecular flexibility index (Phi) is 3.75. The summed E-state index contributed by atoms with van der Waals surface area (Å²) in [6.45, 7) is 2.10. The first-order valence-corrected chi connectivity index (χ1v) is 5.90. The van der Waals surface area contributed by atoms with E-state index >= 15 is 0 Å². The molecule has 2 rings (SSSR count). The van der Waals surface area contributed by atoms with E-state index in [1.165, 1.54) is 18.4 Å². The van der Waals surface area contributed by atoms with Crippen LogP contribution < -0.4 is 5.32 Å². The maximum atomic E-state index is 9.67. The second kappa shape index (κ2) is 5.29. The Bertz CT molecular complexity index is 286. The van der Waals surface area contributed by atoms with Crippen molar-refractivity contribution >= 4 is 0 Å². The highest BCUT2D eigenvalue weighted by Gasteiger charge is 2.26. The minimum Gasteiger partial charge on any atom is -0.393 e. The van der Waals surface area contributed by atoms with Crippen molar-refractivity contribution in [3.05, 3.63) is 35.9 Å². The zero-order valence-corrected chi connectivity index (χ0v) is 9.10. The first-order chi connectivity index (χ1) is 7.36. The Morgan fingerprint density at radius 2 is 2.00 bits per heavy atom. The molecule has 82 valence electrons. The van der Waals surface area contributed by atoms with Crippen molar-refractivity contribution in [2.45, 2.75) is 31.9 Å². The minimum absolute atomic E-state index is 0.0444. The van der Waals surface area contributed by atoms with E-state index in [-0.39, 0.29) is 6.10 Å². The van der Waals surface area contributed by atoms with E-state index in [9.17, 15) is 5.11 Å². The Hall–Kier alpha value is -0.860. The highest BCUT2D eigenvalue weighted by Crippen LogP contribution is 2.23. The lowest BCUT2D eigenvalue weighted by Gasteiger charge is -2.12. The Labute approximate surface area is 91.3 Å². The van der Waals surface area contributed by atoms with Gasteiger partial charge in [0.2, 0.25) is 0 Å². The number of nitrogens with two attached hydrogens (primary N) is 1. The first-order valence-electron chi connectivity index (χ1n) is 5.90. The summed E-state index contributed by atoms with van der Waals surface area (Å²) in [5.41, 5.74) is 1.37. The van der Waals surface area contributed by atoms with E-state index in [1.54, 1.807) is 0 Å². The van der Waals surface area contributed by atoms with Crippen LogP contribution in [0.25, 0.3) is 0 Å². The van der Waals surface area contributed by atoms with Gasteiger partial charge in [0.25, 0.3) is 0 Å². The quantitative estimate of drug-likeness (QED) is 0.755. The summed E-state index contributed by atoms with van der Waals surface area (Å²) in [4.78, 5) is 0. The van der Waals surface area contributed by atoms with Gasteiger partial charge in [-0.1, -0.05) is 36.8 Å². The second-order valence-electron chi connectivity index (χ2n) is 4.47. The number of quaternary nitrogens is 1. The summed E-state index contributed by atoms with van der Waals surface area (Å²) in [5.74, 6) is 0.522. The maximum Gasteiger partial charge on any atom is 0.101 e. The van der Waals surface area contributed by atoms with Crippen LogP contribution in [0.4, 0.5) is 0 Å². The summed E-state index contributed by atoms with van der Waals surface area (Å²) in [6.07, 6.45) is 3.36. The zero-order chi connectivity index (χ0) is 10.5. The molecule has 1 aliphatic rings. The molecule has 1 saturated carbocycles. The van der Waals surface area contributed by atoms with Crippen LogP contribution in [0.3, 0.4) is 0 Å². The fourth-order valence-corrected chi connectivity index (χ4v) is 2.37. The van der Waals surface area contributed by atoms with E-state index < -0.39 is 0 Å². The van der Waals surface area contributed by atoms with Gasteiger partial charge in [-0.2, -0.15) is 0 Å². The standard InChI is InChI=1S/C13H19NO/c15-13-8-4-7-12(13)10-14-9-11-5-2-1-3-6-11/h1-3,5-6,12-15H,4,7-10H2/p+1/t12-,13-/m0/s1. The van der Waals surface area contributed by atoms with Gasteiger partial charge in [-0.25, -0.2) is 0 Å². The number of aliphatic hydroxyl groups excluding tert-OH is 1. The lowest BCUT2D eigenvalue weighted by Crippen LogP contribution is -2.84. The van der Waals surface area contributed by atoms with Crippen molar-refractivity contribution in [1.29, 1.82) is 0 Å². The predicted molar refractivity (Wildman–Crippen MR) is 60.3 cm³/mol. The largest absolute Gasteiger partial charge is 0.393 e. The van der Waals surface area contributed by atoms with E-state index in [1.807, 2.05) is 6.07 Å². The third kappa shape index (κ3) is 3.05. The highest BCUT2D eigenvalue weighted by molar-refractivity contribution is 5.12. The van der Waals surface area contributed by atoms with Gasteiger partial charge in [-0.15, -0.1) is 0 Å².